The van der Waals surface area contributed by atoms with Gasteiger partial charge in [-0.2, -0.15) is 5.10 Å². The maximum Gasteiger partial charge on any atom is 0.271 e. The van der Waals surface area contributed by atoms with E-state index in [-0.39, 0.29) is 22.7 Å². The Morgan fingerprint density at radius 3 is 2.33 bits per heavy atom. The summed E-state index contributed by atoms with van der Waals surface area (Å²) in [5.41, 5.74) is 1.91. The quantitative estimate of drug-likeness (QED) is 0.293. The molecule has 1 aromatic heterocycles. The zero-order chi connectivity index (χ0) is 21.1. The van der Waals surface area contributed by atoms with E-state index in [1.165, 1.54) is 6.07 Å². The second-order valence-electron chi connectivity index (χ2n) is 6.45. The van der Waals surface area contributed by atoms with Crippen molar-refractivity contribution in [2.75, 3.05) is 5.32 Å². The minimum atomic E-state index is -0.599. The van der Waals surface area contributed by atoms with Gasteiger partial charge in [-0.25, -0.2) is 4.68 Å². The molecule has 0 radical (unpaired) electrons. The van der Waals surface area contributed by atoms with Gasteiger partial charge < -0.3 is 10.4 Å². The topological polar surface area (TPSA) is 110 Å². The Hall–Kier alpha value is -4.46. The van der Waals surface area contributed by atoms with Gasteiger partial charge in [-0.05, 0) is 18.2 Å². The number of nitrogens with zero attached hydrogens (tertiary/aromatic N) is 3. The summed E-state index contributed by atoms with van der Waals surface area (Å²) in [6, 6.07) is 22.0. The van der Waals surface area contributed by atoms with Crippen LogP contribution >= 0.6 is 0 Å². The molecule has 0 fully saturated rings. The van der Waals surface area contributed by atoms with Crippen LogP contribution in [-0.4, -0.2) is 25.7 Å². The van der Waals surface area contributed by atoms with Crippen LogP contribution in [0.2, 0.25) is 0 Å². The number of phenols is 1. The number of carbonyl (C=O) groups excluding carboxylic acids is 1. The second-order valence-corrected chi connectivity index (χ2v) is 6.45. The van der Waals surface area contributed by atoms with Gasteiger partial charge in [0.1, 0.15) is 11.4 Å². The third-order valence-electron chi connectivity index (χ3n) is 4.47. The Bertz CT molecular complexity index is 1220. The number of carbonyl (C=O) groups is 1. The molecule has 3 aromatic carbocycles. The first-order chi connectivity index (χ1) is 14.5. The molecule has 0 spiro atoms. The smallest absolute Gasteiger partial charge is 0.271 e. The molecule has 0 atom stereocenters. The van der Waals surface area contributed by atoms with Gasteiger partial charge in [0.2, 0.25) is 0 Å². The van der Waals surface area contributed by atoms with E-state index < -0.39 is 10.8 Å². The number of para-hydroxylation sites is 1. The molecule has 4 aromatic rings. The molecule has 148 valence electrons. The Labute approximate surface area is 171 Å². The van der Waals surface area contributed by atoms with E-state index in [9.17, 15) is 20.0 Å². The zero-order valence-corrected chi connectivity index (χ0v) is 15.6. The fourth-order valence-electron chi connectivity index (χ4n) is 2.99. The van der Waals surface area contributed by atoms with Crippen LogP contribution in [-0.2, 0) is 0 Å². The molecule has 2 N–H and O–H groups in total. The van der Waals surface area contributed by atoms with E-state index in [1.807, 2.05) is 60.7 Å². The first-order valence-electron chi connectivity index (χ1n) is 9.02. The van der Waals surface area contributed by atoms with Crippen LogP contribution in [0.1, 0.15) is 10.4 Å². The van der Waals surface area contributed by atoms with E-state index in [1.54, 1.807) is 10.9 Å². The maximum absolute atomic E-state index is 13.0. The van der Waals surface area contributed by atoms with Crippen LogP contribution in [0.3, 0.4) is 0 Å². The van der Waals surface area contributed by atoms with Gasteiger partial charge in [0, 0.05) is 23.9 Å². The molecule has 30 heavy (non-hydrogen) atoms. The van der Waals surface area contributed by atoms with Gasteiger partial charge in [0.25, 0.3) is 11.6 Å². The van der Waals surface area contributed by atoms with Crippen LogP contribution in [0.25, 0.3) is 16.9 Å². The van der Waals surface area contributed by atoms with Crippen LogP contribution < -0.4 is 5.32 Å². The summed E-state index contributed by atoms with van der Waals surface area (Å²) < 4.78 is 1.59. The van der Waals surface area contributed by atoms with Crippen LogP contribution in [0.4, 0.5) is 11.4 Å². The molecule has 0 saturated heterocycles. The van der Waals surface area contributed by atoms with Crippen molar-refractivity contribution in [1.29, 1.82) is 0 Å². The van der Waals surface area contributed by atoms with Crippen molar-refractivity contribution in [3.8, 4) is 22.7 Å². The lowest BCUT2D eigenvalue weighted by molar-refractivity contribution is -0.384. The number of aromatic hydroxyl groups is 1. The summed E-state index contributed by atoms with van der Waals surface area (Å²) in [5, 5.41) is 28.2. The normalized spacial score (nSPS) is 10.5. The highest BCUT2D eigenvalue weighted by molar-refractivity contribution is 6.08. The summed E-state index contributed by atoms with van der Waals surface area (Å²) in [5.74, 6) is -0.822. The van der Waals surface area contributed by atoms with Gasteiger partial charge in [-0.1, -0.05) is 48.5 Å². The lowest BCUT2D eigenvalue weighted by Crippen LogP contribution is -2.12. The van der Waals surface area contributed by atoms with Crippen molar-refractivity contribution in [3.05, 3.63) is 101 Å². The number of phenolic OH excluding ortho intramolecular Hbond substituents is 1. The third kappa shape index (κ3) is 3.74. The van der Waals surface area contributed by atoms with Gasteiger partial charge in [-0.15, -0.1) is 0 Å². The number of benzene rings is 3. The van der Waals surface area contributed by atoms with Gasteiger partial charge in [0.05, 0.1) is 21.9 Å². The van der Waals surface area contributed by atoms with E-state index in [4.69, 9.17) is 0 Å². The first kappa shape index (κ1) is 18.9. The second kappa shape index (κ2) is 7.88. The molecule has 8 heteroatoms. The minimum absolute atomic E-state index is 0.0549. The van der Waals surface area contributed by atoms with Crippen LogP contribution in [0.15, 0.2) is 85.1 Å². The molecular weight excluding hydrogens is 384 g/mol. The predicted molar refractivity (Wildman–Crippen MR) is 112 cm³/mol. The first-order valence-corrected chi connectivity index (χ1v) is 9.02. The monoisotopic (exact) mass is 400 g/mol. The number of hydrogen-bond donors (Lipinski definition) is 2. The van der Waals surface area contributed by atoms with E-state index >= 15 is 0 Å². The Kier molecular flexibility index (Phi) is 4.96. The van der Waals surface area contributed by atoms with Gasteiger partial charge in [0.15, 0.2) is 0 Å². The summed E-state index contributed by atoms with van der Waals surface area (Å²) in [7, 11) is 0. The molecule has 0 aliphatic heterocycles. The predicted octanol–water partition coefficient (Wildman–Crippen LogP) is 4.41. The van der Waals surface area contributed by atoms with E-state index in [0.29, 0.717) is 5.69 Å². The largest absolute Gasteiger partial charge is 0.506 e. The van der Waals surface area contributed by atoms with Gasteiger partial charge >= 0.3 is 0 Å². The minimum Gasteiger partial charge on any atom is -0.506 e. The number of rotatable bonds is 5. The van der Waals surface area contributed by atoms with Crippen molar-refractivity contribution < 1.29 is 14.8 Å². The molecule has 0 saturated carbocycles. The molecule has 0 bridgehead atoms. The standard InChI is InChI=1S/C22H16N4O4/c27-20-12-11-17(26(29)30)13-19(20)23-22(28)18-14-25(16-9-5-2-6-10-16)24-21(18)15-7-3-1-4-8-15/h1-14,27H,(H,23,28). The van der Waals surface area contributed by atoms with Crippen molar-refractivity contribution in [2.24, 2.45) is 0 Å². The van der Waals surface area contributed by atoms with E-state index in [0.717, 1.165) is 23.4 Å². The molecule has 0 unspecified atom stereocenters. The Morgan fingerprint density at radius 1 is 1.00 bits per heavy atom. The fourth-order valence-corrected chi connectivity index (χ4v) is 2.99. The summed E-state index contributed by atoms with van der Waals surface area (Å²) in [6.07, 6.45) is 1.58. The Morgan fingerprint density at radius 2 is 1.67 bits per heavy atom. The molecule has 0 aliphatic carbocycles. The lowest BCUT2D eigenvalue weighted by atomic mass is 10.1. The van der Waals surface area contributed by atoms with Crippen molar-refractivity contribution >= 4 is 17.3 Å². The number of amides is 1. The molecule has 4 rings (SSSR count). The third-order valence-corrected chi connectivity index (χ3v) is 4.47. The zero-order valence-electron chi connectivity index (χ0n) is 15.6. The number of nitro benzene ring substituents is 1. The molecule has 1 heterocycles. The van der Waals surface area contributed by atoms with Crippen molar-refractivity contribution in [1.82, 2.24) is 9.78 Å². The molecule has 0 aliphatic rings. The lowest BCUT2D eigenvalue weighted by Gasteiger charge is -2.07. The van der Waals surface area contributed by atoms with E-state index in [2.05, 4.69) is 10.4 Å². The van der Waals surface area contributed by atoms with Crippen LogP contribution in [0, 0.1) is 10.1 Å². The van der Waals surface area contributed by atoms with Gasteiger partial charge in [-0.3, -0.25) is 14.9 Å². The number of non-ortho nitro benzene ring substituents is 1. The highest BCUT2D eigenvalue weighted by Gasteiger charge is 2.20. The number of anilines is 1. The maximum atomic E-state index is 13.0. The average molecular weight is 400 g/mol. The SMILES string of the molecule is O=C(Nc1cc([N+](=O)[O-])ccc1O)c1cn(-c2ccccc2)nc1-c1ccccc1. The number of nitro groups is 1. The van der Waals surface area contributed by atoms with Crippen LogP contribution in [0.5, 0.6) is 5.75 Å². The number of hydrogen-bond acceptors (Lipinski definition) is 5. The molecule has 8 nitrogen and oxygen atoms in total. The molecular formula is C22H16N4O4. The number of nitrogens with one attached hydrogen (secondary N) is 1. The summed E-state index contributed by atoms with van der Waals surface area (Å²) >= 11 is 0. The van der Waals surface area contributed by atoms with Crippen molar-refractivity contribution in [2.45, 2.75) is 0 Å². The highest BCUT2D eigenvalue weighted by Crippen LogP contribution is 2.30. The summed E-state index contributed by atoms with van der Waals surface area (Å²) in [6.45, 7) is 0. The average Bonchev–Trinajstić information content (AvgIpc) is 3.22. The molecule has 1 amide bonds. The Balaban J connectivity index is 1.76. The van der Waals surface area contributed by atoms with Crippen molar-refractivity contribution in [3.63, 3.8) is 0 Å². The fraction of sp³-hybridized carbons (Fsp3) is 0. The highest BCUT2D eigenvalue weighted by atomic mass is 16.6. The number of aromatic nitrogens is 2. The summed E-state index contributed by atoms with van der Waals surface area (Å²) in [4.78, 5) is 23.5.